The molecule has 0 unspecified atom stereocenters. The Kier molecular flexibility index (Phi) is 6.37. The number of nitrogens with zero attached hydrogens (tertiary/aromatic N) is 2. The number of likely N-dealkylation sites (tertiary alicyclic amines) is 2. The summed E-state index contributed by atoms with van der Waals surface area (Å²) in [7, 11) is -3.82. The summed E-state index contributed by atoms with van der Waals surface area (Å²) in [5.74, 6) is -2.51. The molecule has 0 bridgehead atoms. The van der Waals surface area contributed by atoms with Gasteiger partial charge in [-0.05, 0) is 36.1 Å². The molecule has 0 aromatic heterocycles. The molecule has 2 amide bonds. The van der Waals surface area contributed by atoms with E-state index in [4.69, 9.17) is 0 Å². The molecule has 2 heterocycles. The maximum Gasteiger partial charge on any atom is 0.320 e. The van der Waals surface area contributed by atoms with E-state index in [1.54, 1.807) is 0 Å². The zero-order valence-electron chi connectivity index (χ0n) is 17.8. The maximum atomic E-state index is 15.4. The highest BCUT2D eigenvalue weighted by atomic mass is 32.2. The summed E-state index contributed by atoms with van der Waals surface area (Å²) in [6.45, 7) is 0.694. The Bertz CT molecular complexity index is 1150. The number of amides is 2. The van der Waals surface area contributed by atoms with Gasteiger partial charge < -0.3 is 9.80 Å². The van der Waals surface area contributed by atoms with E-state index in [1.165, 1.54) is 28.0 Å². The van der Waals surface area contributed by atoms with Gasteiger partial charge in [-0.3, -0.25) is 0 Å². The molecule has 2 aromatic rings. The van der Waals surface area contributed by atoms with Crippen molar-refractivity contribution in [2.75, 3.05) is 25.9 Å². The van der Waals surface area contributed by atoms with Crippen LogP contribution >= 0.6 is 0 Å². The number of rotatable bonds is 5. The number of carbonyl (C=O) groups excluding carboxylic acids is 1. The predicted molar refractivity (Wildman–Crippen MR) is 114 cm³/mol. The Balaban J connectivity index is 1.69. The first-order chi connectivity index (χ1) is 15.5. The maximum absolute atomic E-state index is 15.4. The molecule has 33 heavy (non-hydrogen) atoms. The van der Waals surface area contributed by atoms with E-state index < -0.39 is 51.8 Å². The first-order valence-electron chi connectivity index (χ1n) is 10.4. The van der Waals surface area contributed by atoms with Crippen LogP contribution in [-0.4, -0.2) is 68.4 Å². The Morgan fingerprint density at radius 3 is 2.36 bits per heavy atom. The van der Waals surface area contributed by atoms with Crippen LogP contribution < -0.4 is 4.72 Å². The van der Waals surface area contributed by atoms with Crippen molar-refractivity contribution in [2.45, 2.75) is 31.1 Å². The molecule has 2 saturated heterocycles. The van der Waals surface area contributed by atoms with Gasteiger partial charge in [0.05, 0.1) is 24.9 Å². The smallest absolute Gasteiger partial charge is 0.320 e. The standard InChI is InChI=1S/C22H23F4N3O3S/c1-33(31,32)27-21-18(25)12-29(22(30)28-6-3-7-28)19(21)10-13-4-2-5-17(20(13)26)14-8-15(23)11-16(24)9-14/h2,4-5,8-9,11,18-19,21,27H,3,6-7,10,12H2,1H3/t18-,19-,21-/m0/s1. The lowest BCUT2D eigenvalue weighted by atomic mass is 9.95. The van der Waals surface area contributed by atoms with E-state index in [0.717, 1.165) is 24.8 Å². The average molecular weight is 486 g/mol. The second kappa shape index (κ2) is 8.94. The summed E-state index contributed by atoms with van der Waals surface area (Å²) in [4.78, 5) is 15.6. The molecule has 2 aromatic carbocycles. The van der Waals surface area contributed by atoms with Gasteiger partial charge in [-0.2, -0.15) is 0 Å². The zero-order valence-corrected chi connectivity index (χ0v) is 18.6. The molecule has 3 atom stereocenters. The number of carbonyl (C=O) groups is 1. The SMILES string of the molecule is CS(=O)(=O)N[C@H]1[C@@H](F)CN(C(=O)N2CCC2)[C@H]1Cc1cccc(-c2cc(F)cc(F)c2)c1F. The quantitative estimate of drug-likeness (QED) is 0.662. The van der Waals surface area contributed by atoms with Crippen molar-refractivity contribution in [2.24, 2.45) is 0 Å². The molecule has 0 radical (unpaired) electrons. The summed E-state index contributed by atoms with van der Waals surface area (Å²) in [5.41, 5.74) is -0.00659. The lowest BCUT2D eigenvalue weighted by Crippen LogP contribution is -2.54. The van der Waals surface area contributed by atoms with E-state index in [1.807, 2.05) is 0 Å². The van der Waals surface area contributed by atoms with Crippen LogP contribution in [0.1, 0.15) is 12.0 Å². The van der Waals surface area contributed by atoms with Crippen molar-refractivity contribution in [1.82, 2.24) is 14.5 Å². The number of benzene rings is 2. The Hall–Kier alpha value is -2.66. The first kappa shape index (κ1) is 23.5. The number of halogens is 4. The Labute approximate surface area is 189 Å². The zero-order chi connectivity index (χ0) is 23.9. The number of hydrogen-bond acceptors (Lipinski definition) is 3. The molecular formula is C22H23F4N3O3S. The summed E-state index contributed by atoms with van der Waals surface area (Å²) < 4.78 is 83.5. The third-order valence-corrected chi connectivity index (χ3v) is 6.68. The van der Waals surface area contributed by atoms with Crippen LogP contribution in [0.5, 0.6) is 0 Å². The normalized spacial score (nSPS) is 23.0. The van der Waals surface area contributed by atoms with Gasteiger partial charge in [-0.15, -0.1) is 0 Å². The molecule has 2 aliphatic rings. The van der Waals surface area contributed by atoms with Gasteiger partial charge in [-0.25, -0.2) is 35.5 Å². The highest BCUT2D eigenvalue weighted by molar-refractivity contribution is 7.88. The van der Waals surface area contributed by atoms with Crippen LogP contribution in [0.15, 0.2) is 36.4 Å². The van der Waals surface area contributed by atoms with Crippen LogP contribution in [0.4, 0.5) is 22.4 Å². The molecule has 6 nitrogen and oxygen atoms in total. The van der Waals surface area contributed by atoms with Gasteiger partial charge in [-0.1, -0.05) is 18.2 Å². The monoisotopic (exact) mass is 485 g/mol. The molecule has 11 heteroatoms. The molecule has 0 saturated carbocycles. The summed E-state index contributed by atoms with van der Waals surface area (Å²) in [5, 5.41) is 0. The molecule has 2 fully saturated rings. The van der Waals surface area contributed by atoms with Gasteiger partial charge >= 0.3 is 6.03 Å². The highest BCUT2D eigenvalue weighted by Crippen LogP contribution is 2.31. The fourth-order valence-corrected chi connectivity index (χ4v) is 5.11. The van der Waals surface area contributed by atoms with Crippen molar-refractivity contribution in [3.05, 3.63) is 59.4 Å². The van der Waals surface area contributed by atoms with Gasteiger partial charge in [0, 0.05) is 24.7 Å². The minimum atomic E-state index is -3.82. The predicted octanol–water partition coefficient (Wildman–Crippen LogP) is 3.08. The van der Waals surface area contributed by atoms with Gasteiger partial charge in [0.25, 0.3) is 0 Å². The van der Waals surface area contributed by atoms with Crippen molar-refractivity contribution >= 4 is 16.1 Å². The van der Waals surface area contributed by atoms with E-state index in [-0.39, 0.29) is 29.7 Å². The summed E-state index contributed by atoms with van der Waals surface area (Å²) in [6.07, 6.45) is -0.172. The third kappa shape index (κ3) is 4.98. The lowest BCUT2D eigenvalue weighted by molar-refractivity contribution is 0.119. The molecule has 178 valence electrons. The number of urea groups is 1. The van der Waals surface area contributed by atoms with E-state index in [9.17, 15) is 26.4 Å². The second-order valence-corrected chi connectivity index (χ2v) is 10.2. The topological polar surface area (TPSA) is 69.7 Å². The summed E-state index contributed by atoms with van der Waals surface area (Å²) >= 11 is 0. The second-order valence-electron chi connectivity index (χ2n) is 8.42. The number of alkyl halides is 1. The van der Waals surface area contributed by atoms with Crippen molar-refractivity contribution < 1.29 is 30.8 Å². The van der Waals surface area contributed by atoms with E-state index in [0.29, 0.717) is 19.2 Å². The minimum Gasteiger partial charge on any atom is -0.325 e. The third-order valence-electron chi connectivity index (χ3n) is 5.98. The van der Waals surface area contributed by atoms with Gasteiger partial charge in [0.15, 0.2) is 0 Å². The Morgan fingerprint density at radius 1 is 1.12 bits per heavy atom. The number of hydrogen-bond donors (Lipinski definition) is 1. The molecule has 0 aliphatic carbocycles. The number of sulfonamides is 1. The molecule has 1 N–H and O–H groups in total. The molecule has 4 rings (SSSR count). The first-order valence-corrected chi connectivity index (χ1v) is 12.3. The average Bonchev–Trinajstić information content (AvgIpc) is 2.95. The molecule has 0 spiro atoms. The number of nitrogens with one attached hydrogen (secondary N) is 1. The van der Waals surface area contributed by atoms with Crippen molar-refractivity contribution in [3.63, 3.8) is 0 Å². The summed E-state index contributed by atoms with van der Waals surface area (Å²) in [6, 6.07) is 4.23. The van der Waals surface area contributed by atoms with Gasteiger partial charge in [0.2, 0.25) is 10.0 Å². The minimum absolute atomic E-state index is 0.0130. The van der Waals surface area contributed by atoms with E-state index >= 15 is 4.39 Å². The molecular weight excluding hydrogens is 462 g/mol. The van der Waals surface area contributed by atoms with Crippen LogP contribution in [0.2, 0.25) is 0 Å². The molecule has 2 aliphatic heterocycles. The highest BCUT2D eigenvalue weighted by Gasteiger charge is 2.47. The van der Waals surface area contributed by atoms with Crippen LogP contribution in [0.25, 0.3) is 11.1 Å². The van der Waals surface area contributed by atoms with Crippen LogP contribution in [0, 0.1) is 17.5 Å². The van der Waals surface area contributed by atoms with Crippen LogP contribution in [-0.2, 0) is 16.4 Å². The Morgan fingerprint density at radius 2 is 1.79 bits per heavy atom. The lowest BCUT2D eigenvalue weighted by Gasteiger charge is -2.37. The van der Waals surface area contributed by atoms with Crippen molar-refractivity contribution in [3.8, 4) is 11.1 Å². The van der Waals surface area contributed by atoms with Crippen LogP contribution in [0.3, 0.4) is 0 Å². The van der Waals surface area contributed by atoms with Crippen molar-refractivity contribution in [1.29, 1.82) is 0 Å². The van der Waals surface area contributed by atoms with Gasteiger partial charge in [0.1, 0.15) is 23.6 Å². The fraction of sp³-hybridized carbons (Fsp3) is 0.409. The largest absolute Gasteiger partial charge is 0.325 e. The van der Waals surface area contributed by atoms with E-state index in [2.05, 4.69) is 4.72 Å². The fourth-order valence-electron chi connectivity index (χ4n) is 4.31.